The Morgan fingerprint density at radius 2 is 1.70 bits per heavy atom. The molecule has 2 aromatic carbocycles. The molecule has 0 bridgehead atoms. The molecule has 0 saturated heterocycles. The smallest absolute Gasteiger partial charge is 0.0404 e. The summed E-state index contributed by atoms with van der Waals surface area (Å²) < 4.78 is 0. The maximum atomic E-state index is 2.48. The molecule has 0 N–H and O–H groups in total. The fraction of sp³-hybridized carbons (Fsp3) is 0.517. The van der Waals surface area contributed by atoms with Crippen LogP contribution in [-0.2, 0) is 5.41 Å². The highest BCUT2D eigenvalue weighted by Crippen LogP contribution is 2.41. The van der Waals surface area contributed by atoms with E-state index in [-0.39, 0.29) is 5.41 Å². The van der Waals surface area contributed by atoms with E-state index in [1.165, 1.54) is 73.7 Å². The molecule has 0 aromatic heterocycles. The zero-order chi connectivity index (χ0) is 21.4. The molecule has 2 aromatic rings. The molecule has 30 heavy (non-hydrogen) atoms. The Kier molecular flexibility index (Phi) is 8.19. The highest BCUT2D eigenvalue weighted by atomic mass is 15.1. The van der Waals surface area contributed by atoms with Crippen molar-refractivity contribution in [3.8, 4) is 0 Å². The maximum Gasteiger partial charge on any atom is 0.0404 e. The first kappa shape index (κ1) is 22.7. The Labute approximate surface area is 185 Å². The van der Waals surface area contributed by atoms with Gasteiger partial charge in [0.15, 0.2) is 0 Å². The van der Waals surface area contributed by atoms with Crippen LogP contribution in [0.4, 0.5) is 5.69 Å². The SMILES string of the molecule is CCCCCCCCC(C=Cc1ccccc1)c1ccc2c(c1)N(C)CCC2(C)C. The van der Waals surface area contributed by atoms with Crippen molar-refractivity contribution in [3.63, 3.8) is 0 Å². The number of benzene rings is 2. The van der Waals surface area contributed by atoms with E-state index >= 15 is 0 Å². The van der Waals surface area contributed by atoms with Gasteiger partial charge in [0.2, 0.25) is 0 Å². The number of anilines is 1. The highest BCUT2D eigenvalue weighted by Gasteiger charge is 2.30. The Morgan fingerprint density at radius 1 is 0.967 bits per heavy atom. The fourth-order valence-corrected chi connectivity index (χ4v) is 4.68. The van der Waals surface area contributed by atoms with Crippen LogP contribution in [0.3, 0.4) is 0 Å². The molecule has 0 fully saturated rings. The second-order valence-electron chi connectivity index (χ2n) is 9.76. The minimum absolute atomic E-state index is 0.273. The van der Waals surface area contributed by atoms with E-state index in [4.69, 9.17) is 0 Å². The zero-order valence-corrected chi connectivity index (χ0v) is 19.7. The Morgan fingerprint density at radius 3 is 2.47 bits per heavy atom. The zero-order valence-electron chi connectivity index (χ0n) is 19.7. The van der Waals surface area contributed by atoms with Crippen molar-refractivity contribution in [2.45, 2.75) is 83.5 Å². The number of hydrogen-bond acceptors (Lipinski definition) is 1. The van der Waals surface area contributed by atoms with Gasteiger partial charge in [0.25, 0.3) is 0 Å². The first-order valence-corrected chi connectivity index (χ1v) is 12.1. The molecule has 1 heteroatoms. The molecule has 1 heterocycles. The van der Waals surface area contributed by atoms with Gasteiger partial charge in [-0.15, -0.1) is 0 Å². The van der Waals surface area contributed by atoms with Gasteiger partial charge in [0.1, 0.15) is 0 Å². The second kappa shape index (κ2) is 10.8. The highest BCUT2D eigenvalue weighted by molar-refractivity contribution is 5.61. The molecule has 162 valence electrons. The van der Waals surface area contributed by atoms with Crippen LogP contribution in [0.15, 0.2) is 54.6 Å². The van der Waals surface area contributed by atoms with Crippen molar-refractivity contribution in [2.24, 2.45) is 0 Å². The van der Waals surface area contributed by atoms with Crippen LogP contribution >= 0.6 is 0 Å². The molecule has 1 nitrogen and oxygen atoms in total. The van der Waals surface area contributed by atoms with Gasteiger partial charge in [-0.1, -0.05) is 114 Å². The van der Waals surface area contributed by atoms with Gasteiger partial charge in [-0.05, 0) is 41.0 Å². The maximum absolute atomic E-state index is 2.48. The van der Waals surface area contributed by atoms with Gasteiger partial charge < -0.3 is 4.90 Å². The summed E-state index contributed by atoms with van der Waals surface area (Å²) in [7, 11) is 2.25. The van der Waals surface area contributed by atoms with Gasteiger partial charge >= 0.3 is 0 Å². The van der Waals surface area contributed by atoms with Crippen molar-refractivity contribution in [3.05, 3.63) is 71.3 Å². The van der Waals surface area contributed by atoms with Crippen LogP contribution in [0.2, 0.25) is 0 Å². The van der Waals surface area contributed by atoms with Gasteiger partial charge in [0, 0.05) is 25.2 Å². The topological polar surface area (TPSA) is 3.24 Å². The van der Waals surface area contributed by atoms with Crippen LogP contribution in [0.1, 0.15) is 94.7 Å². The summed E-state index contributed by atoms with van der Waals surface area (Å²) in [5.74, 6) is 0.486. The van der Waals surface area contributed by atoms with Gasteiger partial charge in [-0.25, -0.2) is 0 Å². The first-order valence-electron chi connectivity index (χ1n) is 12.1. The molecule has 1 atom stereocenters. The van der Waals surface area contributed by atoms with Crippen molar-refractivity contribution in [1.29, 1.82) is 0 Å². The summed E-state index contributed by atoms with van der Waals surface area (Å²) in [5, 5.41) is 0. The summed E-state index contributed by atoms with van der Waals surface area (Å²) in [6.07, 6.45) is 15.4. The lowest BCUT2D eigenvalue weighted by atomic mass is 9.76. The fourth-order valence-electron chi connectivity index (χ4n) is 4.68. The summed E-state index contributed by atoms with van der Waals surface area (Å²) >= 11 is 0. The van der Waals surface area contributed by atoms with E-state index < -0.39 is 0 Å². The molecular formula is C29H41N. The molecule has 0 amide bonds. The van der Waals surface area contributed by atoms with Gasteiger partial charge in [-0.2, -0.15) is 0 Å². The molecule has 0 spiro atoms. The summed E-state index contributed by atoms with van der Waals surface area (Å²) in [6, 6.07) is 18.0. The number of fused-ring (bicyclic) bond motifs is 1. The molecule has 0 radical (unpaired) electrons. The summed E-state index contributed by atoms with van der Waals surface area (Å²) in [6.45, 7) is 8.22. The second-order valence-corrected chi connectivity index (χ2v) is 9.76. The normalized spacial score (nSPS) is 16.6. The largest absolute Gasteiger partial charge is 0.374 e. The van der Waals surface area contributed by atoms with Crippen molar-refractivity contribution in [1.82, 2.24) is 0 Å². The number of rotatable bonds is 10. The Balaban J connectivity index is 1.78. The first-order chi connectivity index (χ1) is 14.5. The van der Waals surface area contributed by atoms with E-state index in [0.29, 0.717) is 5.92 Å². The molecule has 0 aliphatic carbocycles. The average molecular weight is 404 g/mol. The Hall–Kier alpha value is -2.02. The van der Waals surface area contributed by atoms with E-state index in [1.807, 2.05) is 0 Å². The van der Waals surface area contributed by atoms with Crippen LogP contribution in [0, 0.1) is 0 Å². The lowest BCUT2D eigenvalue weighted by Crippen LogP contribution is -2.34. The van der Waals surface area contributed by atoms with Crippen molar-refractivity contribution >= 4 is 11.8 Å². The van der Waals surface area contributed by atoms with Crippen molar-refractivity contribution < 1.29 is 0 Å². The molecule has 0 saturated carbocycles. The van der Waals surface area contributed by atoms with Crippen LogP contribution < -0.4 is 4.90 Å². The number of allylic oxidation sites excluding steroid dienone is 1. The van der Waals surface area contributed by atoms with Crippen LogP contribution in [0.5, 0.6) is 0 Å². The average Bonchev–Trinajstić information content (AvgIpc) is 2.76. The lowest BCUT2D eigenvalue weighted by Gasteiger charge is -2.39. The molecule has 3 rings (SSSR count). The third-order valence-corrected chi connectivity index (χ3v) is 6.85. The molecule has 1 aliphatic heterocycles. The third kappa shape index (κ3) is 6.00. The van der Waals surface area contributed by atoms with E-state index in [9.17, 15) is 0 Å². The third-order valence-electron chi connectivity index (χ3n) is 6.85. The minimum Gasteiger partial charge on any atom is -0.374 e. The summed E-state index contributed by atoms with van der Waals surface area (Å²) in [5.41, 5.74) is 5.98. The quantitative estimate of drug-likeness (QED) is 0.360. The standard InChI is InChI=1S/C29H41N/c1-5-6-7-8-9-13-16-25(18-17-24-14-11-10-12-15-24)26-19-20-27-28(23-26)30(4)22-21-29(27,2)3/h10-12,14-15,17-20,23,25H,5-9,13,16,21-22H2,1-4H3. The molecule has 1 aliphatic rings. The van der Waals surface area contributed by atoms with E-state index in [0.717, 1.165) is 6.54 Å². The Bertz CT molecular complexity index is 802. The van der Waals surface area contributed by atoms with Crippen molar-refractivity contribution in [2.75, 3.05) is 18.5 Å². The number of hydrogen-bond donors (Lipinski definition) is 0. The van der Waals surface area contributed by atoms with E-state index in [2.05, 4.69) is 93.4 Å². The predicted octanol–water partition coefficient (Wildman–Crippen LogP) is 8.35. The van der Waals surface area contributed by atoms with Gasteiger partial charge in [0.05, 0.1) is 0 Å². The van der Waals surface area contributed by atoms with Gasteiger partial charge in [-0.3, -0.25) is 0 Å². The van der Waals surface area contributed by atoms with Crippen LogP contribution in [0.25, 0.3) is 6.08 Å². The summed E-state index contributed by atoms with van der Waals surface area (Å²) in [4.78, 5) is 2.45. The predicted molar refractivity (Wildman–Crippen MR) is 134 cm³/mol. The monoisotopic (exact) mass is 403 g/mol. The molecular weight excluding hydrogens is 362 g/mol. The number of nitrogens with zero attached hydrogens (tertiary/aromatic N) is 1. The molecule has 1 unspecified atom stereocenters. The minimum atomic E-state index is 0.273. The van der Waals surface area contributed by atoms with E-state index in [1.54, 1.807) is 0 Å². The lowest BCUT2D eigenvalue weighted by molar-refractivity contribution is 0.461. The number of unbranched alkanes of at least 4 members (excludes halogenated alkanes) is 5. The van der Waals surface area contributed by atoms with Crippen LogP contribution in [-0.4, -0.2) is 13.6 Å².